The summed E-state index contributed by atoms with van der Waals surface area (Å²) in [6.07, 6.45) is 5.27. The van der Waals surface area contributed by atoms with Crippen molar-refractivity contribution in [2.45, 2.75) is 60.2 Å². The van der Waals surface area contributed by atoms with Crippen LogP contribution in [0.15, 0.2) is 46.8 Å². The molecule has 0 fully saturated rings. The van der Waals surface area contributed by atoms with Gasteiger partial charge in [-0.2, -0.15) is 0 Å². The van der Waals surface area contributed by atoms with Crippen LogP contribution in [-0.2, 0) is 22.6 Å². The number of fused-ring (bicyclic) bond motifs is 1. The Morgan fingerprint density at radius 3 is 2.61 bits per heavy atom. The summed E-state index contributed by atoms with van der Waals surface area (Å²) in [7, 11) is 0. The van der Waals surface area contributed by atoms with Crippen LogP contribution in [0.5, 0.6) is 0 Å². The van der Waals surface area contributed by atoms with Gasteiger partial charge in [0.25, 0.3) is 5.56 Å². The lowest BCUT2D eigenvalue weighted by molar-refractivity contribution is -0.119. The van der Waals surface area contributed by atoms with Crippen LogP contribution >= 0.6 is 0 Å². The van der Waals surface area contributed by atoms with Crippen LogP contribution < -0.4 is 16.6 Å². The van der Waals surface area contributed by atoms with E-state index in [9.17, 15) is 9.59 Å². The van der Waals surface area contributed by atoms with Gasteiger partial charge in [-0.05, 0) is 62.8 Å². The number of aromatic nitrogens is 1. The summed E-state index contributed by atoms with van der Waals surface area (Å²) >= 11 is 0. The van der Waals surface area contributed by atoms with Crippen molar-refractivity contribution in [3.8, 4) is 0 Å². The molecule has 1 heterocycles. The molecule has 0 aliphatic rings. The Hall–Kier alpha value is -2.70. The number of rotatable bonds is 11. The second-order valence-corrected chi connectivity index (χ2v) is 7.82. The minimum absolute atomic E-state index is 0.0862. The van der Waals surface area contributed by atoms with E-state index in [1.165, 1.54) is 5.57 Å². The Labute approximate surface area is 184 Å². The van der Waals surface area contributed by atoms with Crippen molar-refractivity contribution in [1.82, 2.24) is 9.88 Å². The number of nitrogens with zero attached hydrogens (tertiary/aromatic N) is 1. The predicted octanol–water partition coefficient (Wildman–Crippen LogP) is 3.76. The number of allylic oxidation sites excluding steroid dienone is 4. The van der Waals surface area contributed by atoms with Crippen LogP contribution in [0, 0.1) is 0 Å². The van der Waals surface area contributed by atoms with Crippen LogP contribution in [0.3, 0.4) is 0 Å². The molecule has 0 aliphatic heterocycles. The number of nitrogens with one attached hydrogen (secondary N) is 1. The van der Waals surface area contributed by atoms with Crippen LogP contribution in [0.4, 0.5) is 0 Å². The maximum absolute atomic E-state index is 13.2. The Balaban J connectivity index is 2.51. The van der Waals surface area contributed by atoms with Crippen molar-refractivity contribution in [3.63, 3.8) is 0 Å². The predicted molar refractivity (Wildman–Crippen MR) is 128 cm³/mol. The molecular weight excluding hydrogens is 390 g/mol. The Morgan fingerprint density at radius 1 is 1.23 bits per heavy atom. The van der Waals surface area contributed by atoms with E-state index < -0.39 is 11.9 Å². The van der Waals surface area contributed by atoms with Gasteiger partial charge < -0.3 is 20.4 Å². The highest BCUT2D eigenvalue weighted by Gasteiger charge is 2.13. The fourth-order valence-electron chi connectivity index (χ4n) is 3.17. The molecule has 6 nitrogen and oxygen atoms in total. The average molecular weight is 426 g/mol. The highest BCUT2D eigenvalue weighted by molar-refractivity contribution is 5.84. The Morgan fingerprint density at radius 2 is 1.97 bits per heavy atom. The molecule has 0 bridgehead atoms. The molecule has 1 amide bonds. The fourth-order valence-corrected chi connectivity index (χ4v) is 3.17. The molecule has 1 aromatic heterocycles. The Kier molecular flexibility index (Phi) is 9.21. The number of carbonyl (C=O) groups is 1. The number of amides is 1. The van der Waals surface area contributed by atoms with Crippen LogP contribution in [0.2, 0.25) is 0 Å². The lowest BCUT2D eigenvalue weighted by Crippen LogP contribution is -2.39. The molecule has 2 aromatic rings. The van der Waals surface area contributed by atoms with E-state index in [-0.39, 0.29) is 12.1 Å². The van der Waals surface area contributed by atoms with Gasteiger partial charge in [0.05, 0.1) is 18.2 Å². The first kappa shape index (κ1) is 24.6. The standard InChI is InChI=1S/C25H35N3O3/c1-6-17(3)8-9-18(4)20-10-11-21-14-22(16-27-19(5)24(26)29)25(30)28(23(21)15-20)12-13-31-7-2/h8-11,14-15,19,27H,6-7,12-13,16H2,1-5H3,(H2,26,29)/b17-8+,18-9+. The van der Waals surface area contributed by atoms with E-state index in [4.69, 9.17) is 10.5 Å². The monoisotopic (exact) mass is 425 g/mol. The summed E-state index contributed by atoms with van der Waals surface area (Å²) in [5.74, 6) is -0.447. The number of pyridine rings is 1. The number of hydrogen-bond acceptors (Lipinski definition) is 4. The highest BCUT2D eigenvalue weighted by atomic mass is 16.5. The third-order valence-electron chi connectivity index (χ3n) is 5.49. The van der Waals surface area contributed by atoms with Crippen molar-refractivity contribution in [2.24, 2.45) is 5.73 Å². The molecule has 1 aromatic carbocycles. The molecule has 1 unspecified atom stereocenters. The van der Waals surface area contributed by atoms with Crippen LogP contribution in [-0.4, -0.2) is 29.7 Å². The van der Waals surface area contributed by atoms with Gasteiger partial charge >= 0.3 is 0 Å². The minimum atomic E-state index is -0.512. The third kappa shape index (κ3) is 6.64. The molecule has 168 valence electrons. The summed E-state index contributed by atoms with van der Waals surface area (Å²) < 4.78 is 7.27. The lowest BCUT2D eigenvalue weighted by atomic mass is 10.0. The number of primary amides is 1. The first-order valence-corrected chi connectivity index (χ1v) is 10.9. The lowest BCUT2D eigenvalue weighted by Gasteiger charge is -2.16. The van der Waals surface area contributed by atoms with Gasteiger partial charge in [-0.15, -0.1) is 0 Å². The third-order valence-corrected chi connectivity index (χ3v) is 5.49. The zero-order chi connectivity index (χ0) is 23.0. The molecule has 3 N–H and O–H groups in total. The largest absolute Gasteiger partial charge is 0.380 e. The molecule has 6 heteroatoms. The maximum atomic E-state index is 13.2. The second-order valence-electron chi connectivity index (χ2n) is 7.82. The molecule has 0 radical (unpaired) electrons. The molecule has 0 saturated carbocycles. The smallest absolute Gasteiger partial charge is 0.255 e. The molecule has 2 rings (SSSR count). The highest BCUT2D eigenvalue weighted by Crippen LogP contribution is 2.22. The first-order chi connectivity index (χ1) is 14.8. The van der Waals surface area contributed by atoms with Gasteiger partial charge in [0, 0.05) is 25.3 Å². The molecule has 0 aliphatic carbocycles. The number of hydrogen-bond donors (Lipinski definition) is 2. The van der Waals surface area contributed by atoms with Gasteiger partial charge in [-0.25, -0.2) is 0 Å². The van der Waals surface area contributed by atoms with Crippen molar-refractivity contribution >= 4 is 22.4 Å². The van der Waals surface area contributed by atoms with Gasteiger partial charge in [-0.3, -0.25) is 9.59 Å². The van der Waals surface area contributed by atoms with Crippen molar-refractivity contribution in [1.29, 1.82) is 0 Å². The number of carbonyl (C=O) groups excluding carboxylic acids is 1. The van der Waals surface area contributed by atoms with Crippen molar-refractivity contribution in [2.75, 3.05) is 13.2 Å². The van der Waals surface area contributed by atoms with Crippen molar-refractivity contribution < 1.29 is 9.53 Å². The SMILES string of the molecule is CCOCCn1c(=O)c(CNC(C)C(N)=O)cc2ccc(/C(C)=C/C=C(\C)CC)cc21. The van der Waals surface area contributed by atoms with E-state index >= 15 is 0 Å². The zero-order valence-corrected chi connectivity index (χ0v) is 19.3. The fraction of sp³-hybridized carbons (Fsp3) is 0.440. The number of benzene rings is 1. The quantitative estimate of drug-likeness (QED) is 0.424. The second kappa shape index (κ2) is 11.6. The average Bonchev–Trinajstić information content (AvgIpc) is 2.76. The van der Waals surface area contributed by atoms with Crippen LogP contribution in [0.1, 0.15) is 52.2 Å². The van der Waals surface area contributed by atoms with Gasteiger partial charge in [0.15, 0.2) is 0 Å². The van der Waals surface area contributed by atoms with E-state index in [0.29, 0.717) is 25.3 Å². The molecule has 31 heavy (non-hydrogen) atoms. The van der Waals surface area contributed by atoms with Gasteiger partial charge in [0.1, 0.15) is 0 Å². The first-order valence-electron chi connectivity index (χ1n) is 10.9. The minimum Gasteiger partial charge on any atom is -0.380 e. The zero-order valence-electron chi connectivity index (χ0n) is 19.3. The van der Waals surface area contributed by atoms with E-state index in [1.807, 2.05) is 19.1 Å². The Bertz CT molecular complexity index is 1030. The molecular formula is C25H35N3O3. The van der Waals surface area contributed by atoms with Gasteiger partial charge in [-0.1, -0.05) is 36.8 Å². The molecule has 0 spiro atoms. The summed E-state index contributed by atoms with van der Waals surface area (Å²) in [5.41, 5.74) is 10.2. The maximum Gasteiger partial charge on any atom is 0.255 e. The normalized spacial score (nSPS) is 13.6. The molecule has 0 saturated heterocycles. The summed E-state index contributed by atoms with van der Waals surface area (Å²) in [5, 5.41) is 4.00. The summed E-state index contributed by atoms with van der Waals surface area (Å²) in [4.78, 5) is 24.5. The number of nitrogens with two attached hydrogens (primary N) is 1. The summed E-state index contributed by atoms with van der Waals surface area (Å²) in [6.45, 7) is 11.7. The van der Waals surface area contributed by atoms with E-state index in [0.717, 1.165) is 28.5 Å². The topological polar surface area (TPSA) is 86.3 Å². The molecule has 1 atom stereocenters. The summed E-state index contributed by atoms with van der Waals surface area (Å²) in [6, 6.07) is 7.55. The van der Waals surface area contributed by atoms with Gasteiger partial charge in [0.2, 0.25) is 5.91 Å². The van der Waals surface area contributed by atoms with E-state index in [2.05, 4.69) is 50.4 Å². The van der Waals surface area contributed by atoms with Crippen LogP contribution in [0.25, 0.3) is 16.5 Å². The number of ether oxygens (including phenoxy) is 1. The van der Waals surface area contributed by atoms with Crippen molar-refractivity contribution in [3.05, 3.63) is 63.5 Å². The van der Waals surface area contributed by atoms with E-state index in [1.54, 1.807) is 11.5 Å².